The van der Waals surface area contributed by atoms with Crippen molar-refractivity contribution >= 4 is 12.1 Å². The lowest BCUT2D eigenvalue weighted by Gasteiger charge is -2.21. The minimum Gasteiger partial charge on any atom is -0.497 e. The summed E-state index contributed by atoms with van der Waals surface area (Å²) in [5.41, 5.74) is 0.858. The summed E-state index contributed by atoms with van der Waals surface area (Å²) < 4.78 is 9.95. The van der Waals surface area contributed by atoms with Gasteiger partial charge in [0.1, 0.15) is 5.76 Å². The maximum absolute atomic E-state index is 11.6. The molecule has 0 spiro atoms. The molecule has 0 aromatic heterocycles. The van der Waals surface area contributed by atoms with Crippen molar-refractivity contribution in [3.8, 4) is 0 Å². The molecule has 0 unspecified atom stereocenters. The molecule has 14 heavy (non-hydrogen) atoms. The van der Waals surface area contributed by atoms with Gasteiger partial charge in [0.2, 0.25) is 0 Å². The van der Waals surface area contributed by atoms with E-state index in [0.29, 0.717) is 17.4 Å². The van der Waals surface area contributed by atoms with Crippen LogP contribution in [0.25, 0.3) is 0 Å². The van der Waals surface area contributed by atoms with Gasteiger partial charge in [0.15, 0.2) is 18.2 Å². The fourth-order valence-corrected chi connectivity index (χ4v) is 1.38. The van der Waals surface area contributed by atoms with Crippen LogP contribution in [0.3, 0.4) is 0 Å². The molecule has 0 fully saturated rings. The Hall–Kier alpha value is -1.42. The summed E-state index contributed by atoms with van der Waals surface area (Å²) in [6, 6.07) is 0. The van der Waals surface area contributed by atoms with Crippen LogP contribution in [0.15, 0.2) is 23.0 Å². The summed E-state index contributed by atoms with van der Waals surface area (Å²) >= 11 is 0. The zero-order chi connectivity index (χ0) is 10.7. The van der Waals surface area contributed by atoms with Gasteiger partial charge in [-0.1, -0.05) is 0 Å². The highest BCUT2D eigenvalue weighted by Crippen LogP contribution is 2.22. The van der Waals surface area contributed by atoms with Crippen LogP contribution in [0.5, 0.6) is 0 Å². The highest BCUT2D eigenvalue weighted by molar-refractivity contribution is 6.04. The summed E-state index contributed by atoms with van der Waals surface area (Å²) in [5, 5.41) is 0. The van der Waals surface area contributed by atoms with E-state index in [1.165, 1.54) is 20.3 Å². The molecule has 1 rings (SSSR count). The number of ketones is 1. The van der Waals surface area contributed by atoms with Gasteiger partial charge in [-0.15, -0.1) is 0 Å². The average Bonchev–Trinajstić information content (AvgIpc) is 2.20. The smallest absolute Gasteiger partial charge is 0.195 e. The third kappa shape index (κ3) is 1.61. The summed E-state index contributed by atoms with van der Waals surface area (Å²) in [4.78, 5) is 22.3. The predicted molar refractivity (Wildman–Crippen MR) is 49.7 cm³/mol. The van der Waals surface area contributed by atoms with Crippen molar-refractivity contribution in [1.82, 2.24) is 0 Å². The van der Waals surface area contributed by atoms with Crippen LogP contribution in [0, 0.1) is 0 Å². The highest BCUT2D eigenvalue weighted by atomic mass is 16.5. The molecule has 0 saturated heterocycles. The van der Waals surface area contributed by atoms with Gasteiger partial charge in [-0.05, 0) is 18.6 Å². The maximum Gasteiger partial charge on any atom is 0.195 e. The Morgan fingerprint density at radius 2 is 2.07 bits per heavy atom. The monoisotopic (exact) mass is 196 g/mol. The van der Waals surface area contributed by atoms with Crippen LogP contribution < -0.4 is 0 Å². The quantitative estimate of drug-likeness (QED) is 0.621. The van der Waals surface area contributed by atoms with Gasteiger partial charge in [-0.3, -0.25) is 9.59 Å². The van der Waals surface area contributed by atoms with E-state index in [4.69, 9.17) is 9.47 Å². The van der Waals surface area contributed by atoms with Crippen molar-refractivity contribution < 1.29 is 19.1 Å². The lowest BCUT2D eigenvalue weighted by molar-refractivity contribution is -0.125. The first-order chi connectivity index (χ1) is 6.65. The van der Waals surface area contributed by atoms with E-state index >= 15 is 0 Å². The molecule has 4 nitrogen and oxygen atoms in total. The van der Waals surface area contributed by atoms with E-state index in [-0.39, 0.29) is 11.5 Å². The van der Waals surface area contributed by atoms with Gasteiger partial charge in [0.25, 0.3) is 0 Å². The first kappa shape index (κ1) is 10.7. The zero-order valence-corrected chi connectivity index (χ0v) is 8.37. The number of carbonyl (C=O) groups is 2. The van der Waals surface area contributed by atoms with E-state index in [1.807, 2.05) is 0 Å². The number of carbonyl (C=O) groups excluding carboxylic acids is 2. The van der Waals surface area contributed by atoms with Gasteiger partial charge < -0.3 is 9.47 Å². The van der Waals surface area contributed by atoms with Gasteiger partial charge >= 0.3 is 0 Å². The Kier molecular flexibility index (Phi) is 3.19. The van der Waals surface area contributed by atoms with E-state index in [9.17, 15) is 9.59 Å². The van der Waals surface area contributed by atoms with Crippen molar-refractivity contribution in [1.29, 1.82) is 0 Å². The number of Topliss-reactive ketones (excluding diaryl/α,β-unsaturated/α-hetero) is 1. The molecule has 0 N–H and O–H groups in total. The van der Waals surface area contributed by atoms with Crippen molar-refractivity contribution in [3.05, 3.63) is 23.0 Å². The molecule has 0 aromatic rings. The molecule has 0 aliphatic heterocycles. The number of aldehydes is 1. The average molecular weight is 196 g/mol. The van der Waals surface area contributed by atoms with Crippen LogP contribution in [-0.4, -0.2) is 32.4 Å². The Bertz CT molecular complexity index is 325. The maximum atomic E-state index is 11.6. The van der Waals surface area contributed by atoms with E-state index in [0.717, 1.165) is 0 Å². The number of hydrogen-bond acceptors (Lipinski definition) is 4. The Balaban J connectivity index is 3.21. The minimum atomic E-state index is -0.787. The van der Waals surface area contributed by atoms with Crippen LogP contribution >= 0.6 is 0 Å². The van der Waals surface area contributed by atoms with Crippen LogP contribution in [0.2, 0.25) is 0 Å². The van der Waals surface area contributed by atoms with E-state index in [2.05, 4.69) is 0 Å². The Morgan fingerprint density at radius 1 is 1.43 bits per heavy atom. The molecular weight excluding hydrogens is 184 g/mol. The van der Waals surface area contributed by atoms with Gasteiger partial charge in [-0.2, -0.15) is 0 Å². The molecule has 0 saturated carbocycles. The second kappa shape index (κ2) is 4.19. The molecule has 76 valence electrons. The number of allylic oxidation sites excluding steroid dienone is 2. The van der Waals surface area contributed by atoms with Gasteiger partial charge in [-0.25, -0.2) is 0 Å². The van der Waals surface area contributed by atoms with Crippen molar-refractivity contribution in [2.75, 3.05) is 14.2 Å². The molecule has 4 heteroatoms. The van der Waals surface area contributed by atoms with Crippen LogP contribution in [0.4, 0.5) is 0 Å². The summed E-state index contributed by atoms with van der Waals surface area (Å²) in [7, 11) is 2.81. The molecule has 1 aliphatic carbocycles. The van der Waals surface area contributed by atoms with Crippen molar-refractivity contribution in [2.24, 2.45) is 0 Å². The number of rotatable bonds is 3. The van der Waals surface area contributed by atoms with Gasteiger partial charge in [0.05, 0.1) is 12.7 Å². The summed E-state index contributed by atoms with van der Waals surface area (Å²) in [6.45, 7) is 1.64. The lowest BCUT2D eigenvalue weighted by atomic mass is 9.95. The van der Waals surface area contributed by atoms with E-state index in [1.54, 1.807) is 6.92 Å². The topological polar surface area (TPSA) is 52.6 Å². The normalized spacial score (nSPS) is 22.1. The van der Waals surface area contributed by atoms with Crippen LogP contribution in [-0.2, 0) is 19.1 Å². The van der Waals surface area contributed by atoms with Crippen LogP contribution in [0.1, 0.15) is 6.92 Å². The molecule has 0 aromatic carbocycles. The summed E-state index contributed by atoms with van der Waals surface area (Å²) in [6.07, 6.45) is 1.37. The Morgan fingerprint density at radius 3 is 2.50 bits per heavy atom. The number of methoxy groups -OCH3 is 2. The summed E-state index contributed by atoms with van der Waals surface area (Å²) in [5.74, 6) is 0.105. The fraction of sp³-hybridized carbons (Fsp3) is 0.400. The van der Waals surface area contributed by atoms with Gasteiger partial charge in [0, 0.05) is 7.11 Å². The fourth-order valence-electron chi connectivity index (χ4n) is 1.38. The lowest BCUT2D eigenvalue weighted by Crippen LogP contribution is -2.31. The zero-order valence-electron chi connectivity index (χ0n) is 8.37. The molecule has 1 atom stereocenters. The molecule has 0 radical (unpaired) electrons. The minimum absolute atomic E-state index is 0.171. The predicted octanol–water partition coefficient (Wildman–Crippen LogP) is 0.630. The SMILES string of the molecule is COC1=C(C=O)C=C(C)C(=O)[C@@H]1OC. The molecule has 0 amide bonds. The Labute approximate surface area is 82.2 Å². The largest absolute Gasteiger partial charge is 0.497 e. The first-order valence-electron chi connectivity index (χ1n) is 4.14. The molecule has 0 heterocycles. The van der Waals surface area contributed by atoms with E-state index < -0.39 is 6.10 Å². The third-order valence-electron chi connectivity index (χ3n) is 2.10. The molecule has 1 aliphatic rings. The molecular formula is C10H12O4. The third-order valence-corrected chi connectivity index (χ3v) is 2.10. The highest BCUT2D eigenvalue weighted by Gasteiger charge is 2.30. The molecule has 0 bridgehead atoms. The van der Waals surface area contributed by atoms with Crippen molar-refractivity contribution in [2.45, 2.75) is 13.0 Å². The first-order valence-corrected chi connectivity index (χ1v) is 4.14. The second-order valence-corrected chi connectivity index (χ2v) is 2.95. The number of hydrogen-bond donors (Lipinski definition) is 0. The standard InChI is InChI=1S/C10H12O4/c1-6-4-7(5-11)9(13-2)10(14-3)8(6)12/h4-5,10H,1-3H3/t10-/m0/s1. The van der Waals surface area contributed by atoms with Crippen molar-refractivity contribution in [3.63, 3.8) is 0 Å². The number of ether oxygens (including phenoxy) is 2. The second-order valence-electron chi connectivity index (χ2n) is 2.95.